The van der Waals surface area contributed by atoms with Crippen molar-refractivity contribution in [3.05, 3.63) is 36.0 Å². The van der Waals surface area contributed by atoms with Gasteiger partial charge >= 0.3 is 0 Å². The van der Waals surface area contributed by atoms with Gasteiger partial charge in [0, 0.05) is 5.56 Å². The van der Waals surface area contributed by atoms with Crippen molar-refractivity contribution in [3.63, 3.8) is 0 Å². The zero-order valence-corrected chi connectivity index (χ0v) is 12.1. The monoisotopic (exact) mass is 312 g/mol. The summed E-state index contributed by atoms with van der Waals surface area (Å²) in [6, 6.07) is 6.21. The predicted molar refractivity (Wildman–Crippen MR) is 78.3 cm³/mol. The Morgan fingerprint density at radius 2 is 2.20 bits per heavy atom. The first kappa shape index (κ1) is 14.3. The summed E-state index contributed by atoms with van der Waals surface area (Å²) >= 11 is 4.91. The molecule has 1 aromatic carbocycles. The molecule has 1 aromatic heterocycles. The van der Waals surface area contributed by atoms with Gasteiger partial charge in [0.05, 0.1) is 13.3 Å². The van der Waals surface area contributed by atoms with E-state index in [2.05, 4.69) is 14.9 Å². The van der Waals surface area contributed by atoms with Crippen LogP contribution in [-0.2, 0) is 10.0 Å². The van der Waals surface area contributed by atoms with Crippen molar-refractivity contribution in [1.29, 1.82) is 0 Å². The predicted octanol–water partition coefficient (Wildman–Crippen LogP) is 0.853. The maximum atomic E-state index is 12.2. The average Bonchev–Trinajstić information content (AvgIpc) is 2.93. The fourth-order valence-corrected chi connectivity index (χ4v) is 2.77. The second-order valence-corrected chi connectivity index (χ2v) is 5.86. The van der Waals surface area contributed by atoms with Gasteiger partial charge in [-0.05, 0) is 18.2 Å². The SMILES string of the molecule is COc1cccc(C(N)=S)c1NS(=O)(=O)c1ccn[nH]1. The van der Waals surface area contributed by atoms with Gasteiger partial charge in [0.1, 0.15) is 16.4 Å². The van der Waals surface area contributed by atoms with Gasteiger partial charge in [0.25, 0.3) is 10.0 Å². The van der Waals surface area contributed by atoms with Crippen LogP contribution in [0.5, 0.6) is 5.75 Å². The Morgan fingerprint density at radius 3 is 2.75 bits per heavy atom. The number of thiocarbonyl (C=S) groups is 1. The molecule has 0 spiro atoms. The highest BCUT2D eigenvalue weighted by atomic mass is 32.2. The van der Waals surface area contributed by atoms with Gasteiger partial charge in [-0.1, -0.05) is 18.3 Å². The number of anilines is 1. The van der Waals surface area contributed by atoms with E-state index in [0.29, 0.717) is 11.3 Å². The van der Waals surface area contributed by atoms with Crippen LogP contribution < -0.4 is 15.2 Å². The third-order valence-electron chi connectivity index (χ3n) is 2.51. The van der Waals surface area contributed by atoms with Crippen LogP contribution in [0.4, 0.5) is 5.69 Å². The van der Waals surface area contributed by atoms with Gasteiger partial charge in [-0.2, -0.15) is 13.5 Å². The van der Waals surface area contributed by atoms with Gasteiger partial charge in [-0.15, -0.1) is 0 Å². The molecule has 0 saturated carbocycles. The molecule has 1 heterocycles. The molecule has 2 aromatic rings. The molecule has 9 heteroatoms. The topological polar surface area (TPSA) is 110 Å². The number of benzene rings is 1. The smallest absolute Gasteiger partial charge is 0.278 e. The van der Waals surface area contributed by atoms with Gasteiger partial charge < -0.3 is 10.5 Å². The number of rotatable bonds is 5. The van der Waals surface area contributed by atoms with Crippen LogP contribution in [0, 0.1) is 0 Å². The number of hydrogen-bond donors (Lipinski definition) is 3. The molecule has 0 atom stereocenters. The summed E-state index contributed by atoms with van der Waals surface area (Å²) in [5.41, 5.74) is 6.17. The molecule has 106 valence electrons. The lowest BCUT2D eigenvalue weighted by Crippen LogP contribution is -2.19. The first-order valence-corrected chi connectivity index (χ1v) is 7.34. The molecule has 0 fully saturated rings. The first-order chi connectivity index (χ1) is 9.45. The number of sulfonamides is 1. The van der Waals surface area contributed by atoms with Crippen molar-refractivity contribution in [1.82, 2.24) is 10.2 Å². The van der Waals surface area contributed by atoms with Crippen LogP contribution in [-0.4, -0.2) is 30.7 Å². The van der Waals surface area contributed by atoms with E-state index < -0.39 is 10.0 Å². The molecule has 0 radical (unpaired) electrons. The van der Waals surface area contributed by atoms with Crippen LogP contribution in [0.1, 0.15) is 5.56 Å². The molecule has 0 bridgehead atoms. The Hall–Kier alpha value is -2.13. The summed E-state index contributed by atoms with van der Waals surface area (Å²) in [5.74, 6) is 0.318. The van der Waals surface area contributed by atoms with Gasteiger partial charge in [-0.3, -0.25) is 9.82 Å². The molecule has 0 aliphatic carbocycles. The minimum absolute atomic E-state index is 0.0613. The molecular formula is C11H12N4O3S2. The van der Waals surface area contributed by atoms with Crippen molar-refractivity contribution in [2.24, 2.45) is 5.73 Å². The summed E-state index contributed by atoms with van der Waals surface area (Å²) in [6.45, 7) is 0. The normalized spacial score (nSPS) is 11.1. The summed E-state index contributed by atoms with van der Waals surface area (Å²) in [5, 5.41) is 5.91. The zero-order chi connectivity index (χ0) is 14.8. The van der Waals surface area contributed by atoms with E-state index in [4.69, 9.17) is 22.7 Å². The quantitative estimate of drug-likeness (QED) is 0.706. The molecule has 2 rings (SSSR count). The highest BCUT2D eigenvalue weighted by Gasteiger charge is 2.20. The maximum absolute atomic E-state index is 12.2. The van der Waals surface area contributed by atoms with E-state index >= 15 is 0 Å². The third kappa shape index (κ3) is 2.73. The van der Waals surface area contributed by atoms with Crippen LogP contribution in [0.2, 0.25) is 0 Å². The molecular weight excluding hydrogens is 300 g/mol. The number of aromatic nitrogens is 2. The van der Waals surface area contributed by atoms with Crippen LogP contribution in [0.25, 0.3) is 0 Å². The second-order valence-electron chi connectivity index (χ2n) is 3.77. The third-order valence-corrected chi connectivity index (χ3v) is 4.01. The number of methoxy groups -OCH3 is 1. The van der Waals surface area contributed by atoms with E-state index in [9.17, 15) is 8.42 Å². The van der Waals surface area contributed by atoms with Crippen LogP contribution >= 0.6 is 12.2 Å². The lowest BCUT2D eigenvalue weighted by Gasteiger charge is -2.14. The van der Waals surface area contributed by atoms with E-state index in [-0.39, 0.29) is 15.7 Å². The van der Waals surface area contributed by atoms with Crippen LogP contribution in [0.15, 0.2) is 35.5 Å². The highest BCUT2D eigenvalue weighted by molar-refractivity contribution is 7.92. The fourth-order valence-electron chi connectivity index (χ4n) is 1.59. The maximum Gasteiger partial charge on any atom is 0.278 e. The van der Waals surface area contributed by atoms with E-state index in [1.54, 1.807) is 18.2 Å². The largest absolute Gasteiger partial charge is 0.495 e. The number of para-hydroxylation sites is 1. The van der Waals surface area contributed by atoms with Crippen LogP contribution in [0.3, 0.4) is 0 Å². The fraction of sp³-hybridized carbons (Fsp3) is 0.0909. The number of H-pyrrole nitrogens is 1. The standard InChI is InChI=1S/C11H12N4O3S2/c1-18-8-4-2-3-7(11(12)19)10(8)15-20(16,17)9-5-6-13-14-9/h2-6,15H,1H3,(H2,12,19)(H,13,14). The van der Waals surface area contributed by atoms with Crippen molar-refractivity contribution in [2.75, 3.05) is 11.8 Å². The Bertz CT molecular complexity index is 726. The lowest BCUT2D eigenvalue weighted by atomic mass is 10.1. The number of ether oxygens (including phenoxy) is 1. The van der Waals surface area contributed by atoms with Gasteiger partial charge in [0.2, 0.25) is 0 Å². The lowest BCUT2D eigenvalue weighted by molar-refractivity contribution is 0.417. The molecule has 0 saturated heterocycles. The van der Waals surface area contributed by atoms with Gasteiger partial charge in [-0.25, -0.2) is 0 Å². The molecule has 0 unspecified atom stereocenters. The number of hydrogen-bond acceptors (Lipinski definition) is 5. The van der Waals surface area contributed by atoms with Crippen molar-refractivity contribution in [3.8, 4) is 5.75 Å². The van der Waals surface area contributed by atoms with Crippen molar-refractivity contribution >= 4 is 32.9 Å². The van der Waals surface area contributed by atoms with Crippen molar-refractivity contribution < 1.29 is 13.2 Å². The molecule has 20 heavy (non-hydrogen) atoms. The number of nitrogens with zero attached hydrogens (tertiary/aromatic N) is 1. The Kier molecular flexibility index (Phi) is 3.91. The Labute approximate surface area is 121 Å². The molecule has 0 aliphatic rings. The first-order valence-electron chi connectivity index (χ1n) is 5.44. The molecule has 7 nitrogen and oxygen atoms in total. The Balaban J connectivity index is 2.51. The van der Waals surface area contributed by atoms with Gasteiger partial charge in [0.15, 0.2) is 5.03 Å². The summed E-state index contributed by atoms with van der Waals surface area (Å²) in [4.78, 5) is 0.0613. The summed E-state index contributed by atoms with van der Waals surface area (Å²) in [7, 11) is -2.40. The van der Waals surface area contributed by atoms with Crippen molar-refractivity contribution in [2.45, 2.75) is 5.03 Å². The zero-order valence-electron chi connectivity index (χ0n) is 10.5. The van der Waals surface area contributed by atoms with E-state index in [1.807, 2.05) is 0 Å². The minimum atomic E-state index is -3.82. The summed E-state index contributed by atoms with van der Waals surface area (Å²) in [6.07, 6.45) is 1.34. The minimum Gasteiger partial charge on any atom is -0.495 e. The number of nitrogens with two attached hydrogens (primary N) is 1. The number of nitrogens with one attached hydrogen (secondary N) is 2. The molecule has 4 N–H and O–H groups in total. The molecule has 0 amide bonds. The highest BCUT2D eigenvalue weighted by Crippen LogP contribution is 2.30. The molecule has 0 aliphatic heterocycles. The number of aromatic amines is 1. The Morgan fingerprint density at radius 1 is 1.45 bits per heavy atom. The van der Waals surface area contributed by atoms with E-state index in [1.165, 1.54) is 19.4 Å². The summed E-state index contributed by atoms with van der Waals surface area (Å²) < 4.78 is 31.9. The van der Waals surface area contributed by atoms with E-state index in [0.717, 1.165) is 0 Å². The second kappa shape index (κ2) is 5.47. The average molecular weight is 312 g/mol.